The Balaban J connectivity index is 1.29. The fourth-order valence-corrected chi connectivity index (χ4v) is 9.40. The van der Waals surface area contributed by atoms with E-state index in [2.05, 4.69) is 121 Å². The predicted molar refractivity (Wildman–Crippen MR) is 213 cm³/mol. The van der Waals surface area contributed by atoms with Gasteiger partial charge in [0, 0.05) is 28.2 Å². The van der Waals surface area contributed by atoms with E-state index in [1.54, 1.807) is 12.1 Å². The van der Waals surface area contributed by atoms with Crippen LogP contribution < -0.4 is 26.2 Å². The van der Waals surface area contributed by atoms with E-state index in [0.717, 1.165) is 49.9 Å². The molecule has 11 rings (SSSR count). The van der Waals surface area contributed by atoms with Crippen LogP contribution in [0.2, 0.25) is 0 Å². The fourth-order valence-electron chi connectivity index (χ4n) is 9.40. The lowest BCUT2D eigenvalue weighted by Gasteiger charge is -2.44. The first-order valence-electron chi connectivity index (χ1n) is 17.9. The summed E-state index contributed by atoms with van der Waals surface area (Å²) >= 11 is 0. The second-order valence-corrected chi connectivity index (χ2v) is 14.8. The molecule has 0 radical (unpaired) electrons. The van der Waals surface area contributed by atoms with Gasteiger partial charge in [0.2, 0.25) is 0 Å². The molecule has 0 atom stereocenters. The third kappa shape index (κ3) is 3.83. The van der Waals surface area contributed by atoms with Crippen LogP contribution in [-0.2, 0) is 5.41 Å². The summed E-state index contributed by atoms with van der Waals surface area (Å²) in [4.78, 5) is 4.17. The summed E-state index contributed by atoms with van der Waals surface area (Å²) < 4.78 is 32.2. The zero-order valence-electron chi connectivity index (χ0n) is 28.7. The normalized spacial score (nSPS) is 14.6. The van der Waals surface area contributed by atoms with Crippen LogP contribution in [-0.4, -0.2) is 6.71 Å². The molecule has 0 saturated heterocycles. The summed E-state index contributed by atoms with van der Waals surface area (Å²) in [7, 11) is 0. The van der Waals surface area contributed by atoms with Gasteiger partial charge in [-0.15, -0.1) is 0 Å². The first kappa shape index (κ1) is 29.5. The van der Waals surface area contributed by atoms with Crippen LogP contribution in [0.1, 0.15) is 25.0 Å². The average molecular weight is 673 g/mol. The van der Waals surface area contributed by atoms with Crippen LogP contribution >= 0.6 is 0 Å². The van der Waals surface area contributed by atoms with Gasteiger partial charge in [0.25, 0.3) is 6.71 Å². The first-order chi connectivity index (χ1) is 25.4. The monoisotopic (exact) mass is 672 g/mol. The van der Waals surface area contributed by atoms with Gasteiger partial charge in [-0.2, -0.15) is 0 Å². The van der Waals surface area contributed by atoms with Crippen LogP contribution in [0.15, 0.2) is 152 Å². The molecule has 8 aromatic rings. The van der Waals surface area contributed by atoms with E-state index in [9.17, 15) is 0 Å². The number of hydrogen-bond acceptors (Lipinski definition) is 2. The molecule has 2 nitrogen and oxygen atoms in total. The van der Waals surface area contributed by atoms with Crippen LogP contribution in [0.5, 0.6) is 0 Å². The van der Waals surface area contributed by atoms with E-state index in [0.29, 0.717) is 11.4 Å². The molecule has 8 aromatic carbocycles. The third-order valence-electron chi connectivity index (χ3n) is 11.7. The zero-order valence-corrected chi connectivity index (χ0v) is 28.7. The van der Waals surface area contributed by atoms with Gasteiger partial charge >= 0.3 is 0 Å². The molecular formula is C47H31BF2N2. The standard InChI is InChI=1S/C47H31BF2N2/c1-47(2)34-25-30-14-4-3-13-29(30)24-32(34)33-26-36-44(27-35(33)47)52(40-19-10-8-17-38(40)50)42-21-11-20-41-46(42)48(36)45-31-15-6-5-12-28(31)22-23-43(45)51(41)39-18-9-7-16-37(39)49/h3-27H,1-2H3. The Kier molecular flexibility index (Phi) is 5.92. The molecule has 0 saturated carbocycles. The molecule has 0 spiro atoms. The van der Waals surface area contributed by atoms with Crippen LogP contribution in [0.25, 0.3) is 32.7 Å². The topological polar surface area (TPSA) is 6.48 Å². The molecular weight excluding hydrogens is 641 g/mol. The Labute approximate surface area is 301 Å². The molecule has 5 heteroatoms. The second-order valence-electron chi connectivity index (χ2n) is 14.8. The van der Waals surface area contributed by atoms with Crippen LogP contribution in [0, 0.1) is 11.6 Å². The van der Waals surface area contributed by atoms with Gasteiger partial charge < -0.3 is 9.80 Å². The summed E-state index contributed by atoms with van der Waals surface area (Å²) in [6, 6.07) is 50.9. The van der Waals surface area contributed by atoms with Gasteiger partial charge in [0.15, 0.2) is 0 Å². The highest BCUT2D eigenvalue weighted by molar-refractivity contribution is 7.01. The minimum Gasteiger partial charge on any atom is -0.309 e. The zero-order chi connectivity index (χ0) is 34.9. The number of halogens is 2. The van der Waals surface area contributed by atoms with Crippen molar-refractivity contribution in [2.75, 3.05) is 9.80 Å². The summed E-state index contributed by atoms with van der Waals surface area (Å²) in [6.45, 7) is 4.40. The van der Waals surface area contributed by atoms with Crippen molar-refractivity contribution in [1.29, 1.82) is 0 Å². The van der Waals surface area contributed by atoms with Crippen molar-refractivity contribution in [2.24, 2.45) is 0 Å². The third-order valence-corrected chi connectivity index (χ3v) is 11.7. The number of rotatable bonds is 2. The van der Waals surface area contributed by atoms with E-state index in [4.69, 9.17) is 0 Å². The van der Waals surface area contributed by atoms with E-state index in [1.165, 1.54) is 45.2 Å². The van der Waals surface area contributed by atoms with Crippen molar-refractivity contribution < 1.29 is 8.78 Å². The molecule has 0 N–H and O–H groups in total. The Morgan fingerprint density at radius 2 is 0.962 bits per heavy atom. The fraction of sp³-hybridized carbons (Fsp3) is 0.0638. The van der Waals surface area contributed by atoms with Gasteiger partial charge in [-0.25, -0.2) is 8.78 Å². The minimum absolute atomic E-state index is 0.203. The van der Waals surface area contributed by atoms with E-state index >= 15 is 8.78 Å². The summed E-state index contributed by atoms with van der Waals surface area (Å²) in [5.74, 6) is -0.602. The van der Waals surface area contributed by atoms with Crippen LogP contribution in [0.3, 0.4) is 0 Å². The molecule has 0 amide bonds. The van der Waals surface area contributed by atoms with Crippen LogP contribution in [0.4, 0.5) is 42.9 Å². The number of fused-ring (bicyclic) bond motifs is 10. The van der Waals surface area contributed by atoms with Crippen molar-refractivity contribution in [2.45, 2.75) is 19.3 Å². The summed E-state index contributed by atoms with van der Waals surface area (Å²) in [6.07, 6.45) is 0. The van der Waals surface area contributed by atoms with Gasteiger partial charge in [-0.05, 0) is 121 Å². The minimum atomic E-state index is -0.302. The number of hydrogen-bond donors (Lipinski definition) is 0. The summed E-state index contributed by atoms with van der Waals surface area (Å²) in [5.41, 5.74) is 12.5. The molecule has 2 heterocycles. The highest BCUT2D eigenvalue weighted by Crippen LogP contribution is 2.53. The number of nitrogens with zero attached hydrogens (tertiary/aromatic N) is 2. The van der Waals surface area contributed by atoms with E-state index in [1.807, 2.05) is 30.3 Å². The Bertz CT molecular complexity index is 2840. The second kappa shape index (κ2) is 10.4. The maximum atomic E-state index is 16.2. The van der Waals surface area contributed by atoms with Gasteiger partial charge in [0.05, 0.1) is 11.4 Å². The molecule has 52 heavy (non-hydrogen) atoms. The van der Waals surface area contributed by atoms with Gasteiger partial charge in [-0.3, -0.25) is 0 Å². The average Bonchev–Trinajstić information content (AvgIpc) is 3.38. The highest BCUT2D eigenvalue weighted by Gasteiger charge is 2.47. The van der Waals surface area contributed by atoms with Gasteiger partial charge in [0.1, 0.15) is 11.6 Å². The molecule has 0 aromatic heterocycles. The molecule has 3 aliphatic rings. The molecule has 0 bridgehead atoms. The summed E-state index contributed by atoms with van der Waals surface area (Å²) in [5, 5.41) is 4.66. The SMILES string of the molecule is CC1(C)c2cc3c(cc2-c2cc4ccccc4cc21)B1c2c(cccc2N(c2ccccc2F)c2ccc4ccccc4c21)N3c1ccccc1F. The molecule has 2 aliphatic heterocycles. The lowest BCUT2D eigenvalue weighted by Crippen LogP contribution is -2.61. The molecule has 0 fully saturated rings. The quantitative estimate of drug-likeness (QED) is 0.169. The van der Waals surface area contributed by atoms with E-state index in [-0.39, 0.29) is 23.8 Å². The Morgan fingerprint density at radius 1 is 0.442 bits per heavy atom. The van der Waals surface area contributed by atoms with Crippen molar-refractivity contribution in [3.63, 3.8) is 0 Å². The Hall–Kier alpha value is -6.20. The van der Waals surface area contributed by atoms with Crippen molar-refractivity contribution >= 4 is 78.8 Å². The maximum Gasteiger partial charge on any atom is 0.252 e. The lowest BCUT2D eigenvalue weighted by molar-refractivity contribution is 0.628. The van der Waals surface area contributed by atoms with Gasteiger partial charge in [-0.1, -0.05) is 105 Å². The Morgan fingerprint density at radius 3 is 1.65 bits per heavy atom. The maximum absolute atomic E-state index is 16.2. The number of anilines is 6. The van der Waals surface area contributed by atoms with Crippen molar-refractivity contribution in [3.05, 3.63) is 174 Å². The first-order valence-corrected chi connectivity index (χ1v) is 17.9. The predicted octanol–water partition coefficient (Wildman–Crippen LogP) is 10.7. The van der Waals surface area contributed by atoms with Crippen molar-refractivity contribution in [1.82, 2.24) is 0 Å². The van der Waals surface area contributed by atoms with Crippen molar-refractivity contribution in [3.8, 4) is 11.1 Å². The molecule has 246 valence electrons. The molecule has 1 aliphatic carbocycles. The lowest BCUT2D eigenvalue weighted by atomic mass is 9.32. The highest BCUT2D eigenvalue weighted by atomic mass is 19.1. The molecule has 0 unspecified atom stereocenters. The smallest absolute Gasteiger partial charge is 0.252 e. The van der Waals surface area contributed by atoms with E-state index < -0.39 is 0 Å². The largest absolute Gasteiger partial charge is 0.309 e. The number of para-hydroxylation sites is 2. The number of benzene rings is 8.